The molecular weight excluding hydrogens is 391 g/mol. The van der Waals surface area contributed by atoms with E-state index in [1.807, 2.05) is 6.92 Å². The third-order valence-electron chi connectivity index (χ3n) is 8.42. The van der Waals surface area contributed by atoms with E-state index >= 15 is 0 Å². The molecule has 29 heavy (non-hydrogen) atoms. The van der Waals surface area contributed by atoms with Gasteiger partial charge < -0.3 is 5.11 Å². The topological polar surface area (TPSA) is 37.3 Å². The van der Waals surface area contributed by atoms with Gasteiger partial charge in [0, 0.05) is 11.8 Å². The molecule has 0 amide bonds. The minimum absolute atomic E-state index is 0.0454. The molecule has 4 aliphatic rings. The smallest absolute Gasteiger partial charge is 0.383 e. The van der Waals surface area contributed by atoms with Crippen molar-refractivity contribution in [3.05, 3.63) is 22.8 Å². The first kappa shape index (κ1) is 21.0. The molecule has 0 radical (unpaired) electrons. The quantitative estimate of drug-likeness (QED) is 0.579. The van der Waals surface area contributed by atoms with Crippen LogP contribution in [0.4, 0.5) is 22.0 Å². The van der Waals surface area contributed by atoms with E-state index in [1.54, 1.807) is 13.0 Å². The number of carbonyl (C=O) groups is 1. The van der Waals surface area contributed by atoms with Crippen LogP contribution in [-0.4, -0.2) is 28.6 Å². The van der Waals surface area contributed by atoms with Crippen LogP contribution in [0, 0.1) is 23.2 Å². The van der Waals surface area contributed by atoms with E-state index in [2.05, 4.69) is 0 Å². The van der Waals surface area contributed by atoms with E-state index in [1.165, 1.54) is 0 Å². The molecule has 4 rings (SSSR count). The third-order valence-corrected chi connectivity index (χ3v) is 8.42. The summed E-state index contributed by atoms with van der Waals surface area (Å²) in [6, 6.07) is 0. The Kier molecular flexibility index (Phi) is 4.62. The van der Waals surface area contributed by atoms with Gasteiger partial charge in [-0.1, -0.05) is 19.4 Å². The molecule has 0 aliphatic heterocycles. The Morgan fingerprint density at radius 1 is 1.14 bits per heavy atom. The summed E-state index contributed by atoms with van der Waals surface area (Å²) in [5, 5.41) is 11.0. The fourth-order valence-corrected chi connectivity index (χ4v) is 7.19. The summed E-state index contributed by atoms with van der Waals surface area (Å²) >= 11 is 0. The summed E-state index contributed by atoms with van der Waals surface area (Å²) in [5.74, 6) is -5.52. The summed E-state index contributed by atoms with van der Waals surface area (Å²) in [6.07, 6.45) is -2.16. The van der Waals surface area contributed by atoms with Gasteiger partial charge in [-0.05, 0) is 79.9 Å². The van der Waals surface area contributed by atoms with Gasteiger partial charge in [-0.15, -0.1) is 0 Å². The summed E-state index contributed by atoms with van der Waals surface area (Å²) < 4.78 is 69.2. The highest BCUT2D eigenvalue weighted by atomic mass is 19.4. The highest BCUT2D eigenvalue weighted by Crippen LogP contribution is 2.70. The van der Waals surface area contributed by atoms with Crippen LogP contribution in [-0.2, 0) is 4.79 Å². The number of carbonyl (C=O) groups excluding carboxylic acids is 1. The molecule has 2 saturated carbocycles. The van der Waals surface area contributed by atoms with Crippen LogP contribution in [0.25, 0.3) is 0 Å². The summed E-state index contributed by atoms with van der Waals surface area (Å²) in [6.45, 7) is 3.62. The van der Waals surface area contributed by atoms with E-state index in [0.29, 0.717) is 25.7 Å². The molecule has 0 spiro atoms. The summed E-state index contributed by atoms with van der Waals surface area (Å²) in [5.41, 5.74) is -1.27. The maximum Gasteiger partial charge on any atom is 0.456 e. The molecule has 0 heterocycles. The monoisotopic (exact) mass is 418 g/mol. The molecule has 4 aliphatic carbocycles. The average Bonchev–Trinajstić information content (AvgIpc) is 2.95. The lowest BCUT2D eigenvalue weighted by Crippen LogP contribution is -2.65. The zero-order valence-corrected chi connectivity index (χ0v) is 16.7. The number of ketones is 1. The molecule has 7 heteroatoms. The van der Waals surface area contributed by atoms with Gasteiger partial charge in [0.05, 0.1) is 0 Å². The summed E-state index contributed by atoms with van der Waals surface area (Å²) in [4.78, 5) is 11.8. The highest BCUT2D eigenvalue weighted by molar-refractivity contribution is 5.93. The second-order valence-corrected chi connectivity index (χ2v) is 9.43. The molecular formula is C22H27F5O2. The summed E-state index contributed by atoms with van der Waals surface area (Å²) in [7, 11) is 0. The Labute approximate surface area is 167 Å². The minimum Gasteiger partial charge on any atom is -0.383 e. The molecule has 2 nitrogen and oxygen atoms in total. The Balaban J connectivity index is 1.81. The molecule has 2 fully saturated rings. The standard InChI is InChI=1S/C22H27F5O2/c1-3-19-8-6-16-15-5-4-14(28)11-13(15)10-12(2)18(16)17(19)7-9-20(19,29)21(23,24)22(25,26)27/h11-12,17-18,29H,3-10H2,1-2H3/t12-,17+,18-,19?,20+/m1/s1. The van der Waals surface area contributed by atoms with Gasteiger partial charge in [0.1, 0.15) is 5.60 Å². The predicted octanol–water partition coefficient (Wildman–Crippen LogP) is 5.76. The van der Waals surface area contributed by atoms with Crippen LogP contribution in [0.15, 0.2) is 22.8 Å². The van der Waals surface area contributed by atoms with E-state index in [0.717, 1.165) is 16.7 Å². The SMILES string of the molecule is CCC12CCC3=C4CCC(=O)C=C4C[C@@H](C)[C@H]3[C@@H]1CC[C@@]2(O)C(F)(F)C(F)(F)F. The molecule has 0 saturated heterocycles. The van der Waals surface area contributed by atoms with Crippen molar-refractivity contribution in [2.75, 3.05) is 0 Å². The first-order valence-electron chi connectivity index (χ1n) is 10.5. The van der Waals surface area contributed by atoms with Gasteiger partial charge in [0.2, 0.25) is 0 Å². The van der Waals surface area contributed by atoms with Crippen molar-refractivity contribution in [2.24, 2.45) is 23.2 Å². The van der Waals surface area contributed by atoms with Crippen molar-refractivity contribution in [2.45, 2.75) is 82.9 Å². The molecule has 162 valence electrons. The zero-order valence-electron chi connectivity index (χ0n) is 16.7. The lowest BCUT2D eigenvalue weighted by molar-refractivity contribution is -0.364. The normalized spacial score (nSPS) is 40.3. The number of fused-ring (bicyclic) bond motifs is 4. The van der Waals surface area contributed by atoms with Crippen molar-refractivity contribution in [3.63, 3.8) is 0 Å². The number of rotatable bonds is 2. The van der Waals surface area contributed by atoms with Crippen LogP contribution >= 0.6 is 0 Å². The number of hydrogen-bond acceptors (Lipinski definition) is 2. The van der Waals surface area contributed by atoms with E-state index in [-0.39, 0.29) is 36.9 Å². The largest absolute Gasteiger partial charge is 0.456 e. The van der Waals surface area contributed by atoms with E-state index in [4.69, 9.17) is 0 Å². The lowest BCUT2D eigenvalue weighted by Gasteiger charge is -2.56. The third kappa shape index (κ3) is 2.58. The second kappa shape index (κ2) is 6.38. The maximum absolute atomic E-state index is 14.6. The maximum atomic E-state index is 14.6. The van der Waals surface area contributed by atoms with Crippen molar-refractivity contribution in [1.82, 2.24) is 0 Å². The fourth-order valence-electron chi connectivity index (χ4n) is 7.19. The lowest BCUT2D eigenvalue weighted by atomic mass is 9.50. The van der Waals surface area contributed by atoms with E-state index < -0.39 is 35.5 Å². The Morgan fingerprint density at radius 2 is 1.83 bits per heavy atom. The number of halogens is 5. The van der Waals surface area contributed by atoms with Crippen molar-refractivity contribution in [3.8, 4) is 0 Å². The van der Waals surface area contributed by atoms with Crippen LogP contribution in [0.2, 0.25) is 0 Å². The van der Waals surface area contributed by atoms with Gasteiger partial charge in [-0.2, -0.15) is 22.0 Å². The Morgan fingerprint density at radius 3 is 2.45 bits per heavy atom. The first-order chi connectivity index (χ1) is 13.4. The molecule has 0 aromatic heterocycles. The molecule has 1 N–H and O–H groups in total. The van der Waals surface area contributed by atoms with Crippen LogP contribution < -0.4 is 0 Å². The number of hydrogen-bond donors (Lipinski definition) is 1. The zero-order chi connectivity index (χ0) is 21.4. The molecule has 0 aromatic rings. The van der Waals surface area contributed by atoms with Gasteiger partial charge in [-0.25, -0.2) is 0 Å². The van der Waals surface area contributed by atoms with Gasteiger partial charge >= 0.3 is 12.1 Å². The number of alkyl halides is 5. The van der Waals surface area contributed by atoms with Crippen LogP contribution in [0.3, 0.4) is 0 Å². The number of allylic oxidation sites excluding steroid dienone is 4. The van der Waals surface area contributed by atoms with Gasteiger partial charge in [-0.3, -0.25) is 4.79 Å². The highest BCUT2D eigenvalue weighted by Gasteiger charge is 2.79. The Bertz CT molecular complexity index is 796. The van der Waals surface area contributed by atoms with E-state index in [9.17, 15) is 31.9 Å². The van der Waals surface area contributed by atoms with Crippen molar-refractivity contribution in [1.29, 1.82) is 0 Å². The Hall–Kier alpha value is -1.24. The predicted molar refractivity (Wildman–Crippen MR) is 97.3 cm³/mol. The average molecular weight is 418 g/mol. The van der Waals surface area contributed by atoms with Gasteiger partial charge in [0.25, 0.3) is 0 Å². The van der Waals surface area contributed by atoms with Crippen molar-refractivity contribution >= 4 is 5.78 Å². The molecule has 5 atom stereocenters. The molecule has 0 aromatic carbocycles. The second-order valence-electron chi connectivity index (χ2n) is 9.43. The minimum atomic E-state index is -5.78. The van der Waals surface area contributed by atoms with Crippen LogP contribution in [0.5, 0.6) is 0 Å². The van der Waals surface area contributed by atoms with Gasteiger partial charge in [0.15, 0.2) is 5.78 Å². The number of aliphatic hydroxyl groups is 1. The van der Waals surface area contributed by atoms with Crippen LogP contribution in [0.1, 0.15) is 65.2 Å². The van der Waals surface area contributed by atoms with Crippen molar-refractivity contribution < 1.29 is 31.9 Å². The molecule has 1 unspecified atom stereocenters. The molecule has 0 bridgehead atoms. The fraction of sp³-hybridized carbons (Fsp3) is 0.773. The first-order valence-corrected chi connectivity index (χ1v) is 10.5.